The smallest absolute Gasteiger partial charge is 0.0991 e. The third-order valence-corrected chi connectivity index (χ3v) is 2.62. The highest BCUT2D eigenvalue weighted by Crippen LogP contribution is 2.23. The van der Waals surface area contributed by atoms with Crippen LogP contribution >= 0.6 is 0 Å². The zero-order valence-corrected chi connectivity index (χ0v) is 9.44. The van der Waals surface area contributed by atoms with Crippen molar-refractivity contribution in [3.63, 3.8) is 0 Å². The first-order valence-corrected chi connectivity index (χ1v) is 5.28. The van der Waals surface area contributed by atoms with E-state index in [1.165, 1.54) is 0 Å². The molecule has 1 aromatic carbocycles. The van der Waals surface area contributed by atoms with Crippen LogP contribution in [0.15, 0.2) is 30.6 Å². The minimum absolute atomic E-state index is 0.698. The maximum absolute atomic E-state index is 8.80. The van der Waals surface area contributed by atoms with Crippen LogP contribution < -0.4 is 0 Å². The van der Waals surface area contributed by atoms with E-state index in [1.54, 1.807) is 0 Å². The van der Waals surface area contributed by atoms with E-state index in [0.29, 0.717) is 5.56 Å². The van der Waals surface area contributed by atoms with Crippen molar-refractivity contribution in [2.75, 3.05) is 0 Å². The highest BCUT2D eigenvalue weighted by molar-refractivity contribution is 5.66. The summed E-state index contributed by atoms with van der Waals surface area (Å²) in [7, 11) is 0. The first-order chi connectivity index (χ1) is 7.74. The van der Waals surface area contributed by atoms with Gasteiger partial charge in [0, 0.05) is 18.3 Å². The van der Waals surface area contributed by atoms with E-state index in [4.69, 9.17) is 5.26 Å². The summed E-state index contributed by atoms with van der Waals surface area (Å²) in [6, 6.07) is 7.86. The fourth-order valence-electron chi connectivity index (χ4n) is 1.73. The molecular formula is C13H13N3. The molecule has 0 unspecified atom stereocenters. The van der Waals surface area contributed by atoms with Crippen molar-refractivity contribution < 1.29 is 0 Å². The van der Waals surface area contributed by atoms with Gasteiger partial charge in [-0.15, -0.1) is 0 Å². The Hall–Kier alpha value is -2.08. The normalized spacial score (nSPS) is 10.1. The summed E-state index contributed by atoms with van der Waals surface area (Å²) in [6.07, 6.45) is 3.88. The molecule has 1 aromatic heterocycles. The summed E-state index contributed by atoms with van der Waals surface area (Å²) in [4.78, 5) is 0. The molecule has 0 aliphatic carbocycles. The van der Waals surface area contributed by atoms with Crippen molar-refractivity contribution in [3.8, 4) is 17.2 Å². The number of benzene rings is 1. The number of aromatic nitrogens is 2. The number of hydrogen-bond acceptors (Lipinski definition) is 2. The Bertz CT molecular complexity index is 547. The molecule has 0 saturated heterocycles. The van der Waals surface area contributed by atoms with Gasteiger partial charge in [-0.1, -0.05) is 6.07 Å². The van der Waals surface area contributed by atoms with E-state index in [9.17, 15) is 0 Å². The quantitative estimate of drug-likeness (QED) is 0.766. The van der Waals surface area contributed by atoms with Crippen LogP contribution in [-0.2, 0) is 6.54 Å². The van der Waals surface area contributed by atoms with Crippen molar-refractivity contribution in [2.45, 2.75) is 20.4 Å². The summed E-state index contributed by atoms with van der Waals surface area (Å²) < 4.78 is 1.90. The molecule has 0 saturated carbocycles. The van der Waals surface area contributed by atoms with Gasteiger partial charge in [0.15, 0.2) is 0 Å². The molecule has 0 radical (unpaired) electrons. The van der Waals surface area contributed by atoms with Gasteiger partial charge in [-0.2, -0.15) is 10.4 Å². The minimum atomic E-state index is 0.698. The molecule has 3 heteroatoms. The molecule has 2 rings (SSSR count). The molecule has 0 amide bonds. The number of hydrogen-bond donors (Lipinski definition) is 0. The summed E-state index contributed by atoms with van der Waals surface area (Å²) in [5.41, 5.74) is 4.04. The van der Waals surface area contributed by atoms with Gasteiger partial charge in [0.1, 0.15) is 0 Å². The number of nitrogens with zero attached hydrogens (tertiary/aromatic N) is 3. The standard InChI is InChI=1S/C13H13N3/c1-3-16-9-12(8-15-16)13-5-4-11(7-14)6-10(13)2/h4-6,8-9H,3H2,1-2H3. The Balaban J connectivity index is 2.45. The molecular weight excluding hydrogens is 198 g/mol. The molecule has 1 heterocycles. The predicted octanol–water partition coefficient (Wildman–Crippen LogP) is 2.75. The largest absolute Gasteiger partial charge is 0.272 e. The van der Waals surface area contributed by atoms with Gasteiger partial charge in [-0.25, -0.2) is 0 Å². The van der Waals surface area contributed by atoms with Crippen LogP contribution in [0.1, 0.15) is 18.1 Å². The van der Waals surface area contributed by atoms with Crippen LogP contribution in [0.4, 0.5) is 0 Å². The van der Waals surface area contributed by atoms with Crippen LogP contribution in [0, 0.1) is 18.3 Å². The average Bonchev–Trinajstić information content (AvgIpc) is 2.77. The summed E-state index contributed by atoms with van der Waals surface area (Å²) in [6.45, 7) is 4.94. The van der Waals surface area contributed by atoms with Gasteiger partial charge in [-0.05, 0) is 37.1 Å². The molecule has 0 bridgehead atoms. The SMILES string of the molecule is CCn1cc(-c2ccc(C#N)cc2C)cn1. The van der Waals surface area contributed by atoms with Crippen LogP contribution in [0.25, 0.3) is 11.1 Å². The lowest BCUT2D eigenvalue weighted by Crippen LogP contribution is -1.92. The van der Waals surface area contributed by atoms with Crippen molar-refractivity contribution in [1.29, 1.82) is 5.26 Å². The Morgan fingerprint density at radius 1 is 1.44 bits per heavy atom. The second-order valence-electron chi connectivity index (χ2n) is 3.73. The van der Waals surface area contributed by atoms with Crippen molar-refractivity contribution in [3.05, 3.63) is 41.7 Å². The van der Waals surface area contributed by atoms with Crippen molar-refractivity contribution in [1.82, 2.24) is 9.78 Å². The average molecular weight is 211 g/mol. The summed E-state index contributed by atoms with van der Waals surface area (Å²) in [5, 5.41) is 13.0. The lowest BCUT2D eigenvalue weighted by atomic mass is 10.0. The highest BCUT2D eigenvalue weighted by atomic mass is 15.3. The molecule has 3 nitrogen and oxygen atoms in total. The monoisotopic (exact) mass is 211 g/mol. The fourth-order valence-corrected chi connectivity index (χ4v) is 1.73. The Morgan fingerprint density at radius 2 is 2.25 bits per heavy atom. The van der Waals surface area contributed by atoms with Crippen molar-refractivity contribution >= 4 is 0 Å². The molecule has 80 valence electrons. The second kappa shape index (κ2) is 4.19. The summed E-state index contributed by atoms with van der Waals surface area (Å²) >= 11 is 0. The highest BCUT2D eigenvalue weighted by Gasteiger charge is 2.05. The first-order valence-electron chi connectivity index (χ1n) is 5.28. The van der Waals surface area contributed by atoms with E-state index in [0.717, 1.165) is 23.2 Å². The minimum Gasteiger partial charge on any atom is -0.272 e. The van der Waals surface area contributed by atoms with Gasteiger partial charge >= 0.3 is 0 Å². The molecule has 0 N–H and O–H groups in total. The van der Waals surface area contributed by atoms with Crippen LogP contribution in [0.3, 0.4) is 0 Å². The Morgan fingerprint density at radius 3 is 2.81 bits per heavy atom. The fraction of sp³-hybridized carbons (Fsp3) is 0.231. The van der Waals surface area contributed by atoms with Crippen LogP contribution in [0.5, 0.6) is 0 Å². The molecule has 0 atom stereocenters. The van der Waals surface area contributed by atoms with E-state index < -0.39 is 0 Å². The molecule has 0 aliphatic rings. The Labute approximate surface area is 94.9 Å². The van der Waals surface area contributed by atoms with Gasteiger partial charge in [0.2, 0.25) is 0 Å². The molecule has 0 aliphatic heterocycles. The predicted molar refractivity (Wildman–Crippen MR) is 62.8 cm³/mol. The molecule has 0 fully saturated rings. The molecule has 16 heavy (non-hydrogen) atoms. The molecule has 0 spiro atoms. The Kier molecular flexibility index (Phi) is 2.74. The van der Waals surface area contributed by atoms with E-state index in [-0.39, 0.29) is 0 Å². The van der Waals surface area contributed by atoms with E-state index in [2.05, 4.69) is 18.1 Å². The first kappa shape index (κ1) is 10.4. The number of aryl methyl sites for hydroxylation is 2. The number of rotatable bonds is 2. The zero-order valence-electron chi connectivity index (χ0n) is 9.44. The second-order valence-corrected chi connectivity index (χ2v) is 3.73. The summed E-state index contributed by atoms with van der Waals surface area (Å²) in [5.74, 6) is 0. The maximum Gasteiger partial charge on any atom is 0.0991 e. The van der Waals surface area contributed by atoms with E-state index >= 15 is 0 Å². The maximum atomic E-state index is 8.80. The third-order valence-electron chi connectivity index (χ3n) is 2.62. The van der Waals surface area contributed by atoms with Crippen LogP contribution in [-0.4, -0.2) is 9.78 Å². The molecule has 2 aromatic rings. The lowest BCUT2D eigenvalue weighted by Gasteiger charge is -2.02. The third kappa shape index (κ3) is 1.82. The van der Waals surface area contributed by atoms with E-state index in [1.807, 2.05) is 42.2 Å². The zero-order chi connectivity index (χ0) is 11.5. The van der Waals surface area contributed by atoms with Gasteiger partial charge < -0.3 is 0 Å². The van der Waals surface area contributed by atoms with Crippen LogP contribution in [0.2, 0.25) is 0 Å². The van der Waals surface area contributed by atoms with Crippen molar-refractivity contribution in [2.24, 2.45) is 0 Å². The van der Waals surface area contributed by atoms with Gasteiger partial charge in [0.25, 0.3) is 0 Å². The lowest BCUT2D eigenvalue weighted by molar-refractivity contribution is 0.660. The van der Waals surface area contributed by atoms with Gasteiger partial charge in [0.05, 0.1) is 17.8 Å². The number of nitriles is 1. The van der Waals surface area contributed by atoms with Gasteiger partial charge in [-0.3, -0.25) is 4.68 Å². The topological polar surface area (TPSA) is 41.6 Å².